The third-order valence-electron chi connectivity index (χ3n) is 5.79. The van der Waals surface area contributed by atoms with Crippen LogP contribution >= 0.6 is 0 Å². The number of morpholine rings is 1. The smallest absolute Gasteiger partial charge is 0.325 e. The van der Waals surface area contributed by atoms with Gasteiger partial charge in [-0.2, -0.15) is 0 Å². The van der Waals surface area contributed by atoms with E-state index in [1.165, 1.54) is 5.56 Å². The van der Waals surface area contributed by atoms with Gasteiger partial charge in [-0.3, -0.25) is 19.4 Å². The maximum absolute atomic E-state index is 12.8. The van der Waals surface area contributed by atoms with Crippen LogP contribution in [0.5, 0.6) is 0 Å². The van der Waals surface area contributed by atoms with Gasteiger partial charge in [0.05, 0.1) is 25.3 Å². The van der Waals surface area contributed by atoms with Gasteiger partial charge in [-0.25, -0.2) is 4.79 Å². The maximum Gasteiger partial charge on any atom is 0.325 e. The Kier molecular flexibility index (Phi) is 4.84. The molecule has 0 unspecified atom stereocenters. The Hall–Kier alpha value is -2.45. The second-order valence-corrected chi connectivity index (χ2v) is 8.14. The molecule has 0 aliphatic carbocycles. The minimum absolute atomic E-state index is 0.108. The third kappa shape index (κ3) is 3.38. The summed E-state index contributed by atoms with van der Waals surface area (Å²) in [6.45, 7) is 6.13. The fourth-order valence-corrected chi connectivity index (χ4v) is 4.23. The van der Waals surface area contributed by atoms with Crippen molar-refractivity contribution in [1.82, 2.24) is 20.0 Å². The lowest BCUT2D eigenvalue weighted by Crippen LogP contribution is -2.61. The molecule has 4 rings (SSSR count). The van der Waals surface area contributed by atoms with Crippen molar-refractivity contribution in [2.75, 3.05) is 39.4 Å². The molecule has 4 amide bonds. The first kappa shape index (κ1) is 18.9. The van der Waals surface area contributed by atoms with E-state index in [2.05, 4.69) is 22.3 Å². The van der Waals surface area contributed by atoms with Gasteiger partial charge in [0.1, 0.15) is 12.1 Å². The Morgan fingerprint density at radius 3 is 2.61 bits per heavy atom. The first-order valence-electron chi connectivity index (χ1n) is 9.67. The van der Waals surface area contributed by atoms with Crippen LogP contribution in [-0.2, 0) is 14.3 Å². The predicted octanol–water partition coefficient (Wildman–Crippen LogP) is 0.601. The summed E-state index contributed by atoms with van der Waals surface area (Å²) in [6, 6.07) is 10.0. The number of fused-ring (bicyclic) bond motifs is 1. The summed E-state index contributed by atoms with van der Waals surface area (Å²) >= 11 is 0. The first-order valence-corrected chi connectivity index (χ1v) is 9.67. The summed E-state index contributed by atoms with van der Waals surface area (Å²) in [5, 5.41) is 2.61. The van der Waals surface area contributed by atoms with Gasteiger partial charge in [-0.1, -0.05) is 30.3 Å². The summed E-state index contributed by atoms with van der Waals surface area (Å²) in [5.74, 6) is -0.572. The number of urea groups is 1. The van der Waals surface area contributed by atoms with Gasteiger partial charge in [-0.15, -0.1) is 0 Å². The minimum Gasteiger partial charge on any atom is -0.378 e. The normalized spacial score (nSPS) is 27.5. The molecular weight excluding hydrogens is 360 g/mol. The van der Waals surface area contributed by atoms with Crippen molar-refractivity contribution in [2.45, 2.75) is 31.5 Å². The summed E-state index contributed by atoms with van der Waals surface area (Å²) in [7, 11) is 0. The van der Waals surface area contributed by atoms with Gasteiger partial charge < -0.3 is 15.0 Å². The summed E-state index contributed by atoms with van der Waals surface area (Å²) in [6.07, 6.45) is 0. The second-order valence-electron chi connectivity index (χ2n) is 8.14. The van der Waals surface area contributed by atoms with Crippen molar-refractivity contribution in [3.63, 3.8) is 0 Å². The zero-order valence-corrected chi connectivity index (χ0v) is 16.3. The Morgan fingerprint density at radius 2 is 1.93 bits per heavy atom. The standard InChI is InChI=1S/C20H26N4O4/c1-20(2)18(26)24(19(27)21-20)11-17(25)22-8-9-23-15(10-22)12-28-13-16(23)14-6-4-3-5-7-14/h3-7,15-16H,8-13H2,1-2H3,(H,21,27)/t15-,16-/m1/s1. The second kappa shape index (κ2) is 7.18. The van der Waals surface area contributed by atoms with Crippen molar-refractivity contribution >= 4 is 17.8 Å². The molecule has 1 N–H and O–H groups in total. The van der Waals surface area contributed by atoms with Gasteiger partial charge in [0.25, 0.3) is 5.91 Å². The number of hydrogen-bond donors (Lipinski definition) is 1. The van der Waals surface area contributed by atoms with E-state index in [4.69, 9.17) is 4.74 Å². The zero-order valence-electron chi connectivity index (χ0n) is 16.3. The van der Waals surface area contributed by atoms with Gasteiger partial charge in [-0.05, 0) is 19.4 Å². The van der Waals surface area contributed by atoms with Crippen LogP contribution < -0.4 is 5.32 Å². The highest BCUT2D eigenvalue weighted by Gasteiger charge is 2.46. The molecule has 3 aliphatic heterocycles. The lowest BCUT2D eigenvalue weighted by Gasteiger charge is -2.48. The number of nitrogens with zero attached hydrogens (tertiary/aromatic N) is 3. The number of imide groups is 1. The van der Waals surface area contributed by atoms with Crippen LogP contribution in [0.15, 0.2) is 30.3 Å². The molecule has 3 aliphatic rings. The molecule has 28 heavy (non-hydrogen) atoms. The topological polar surface area (TPSA) is 82.2 Å². The number of hydrogen-bond acceptors (Lipinski definition) is 5. The fraction of sp³-hybridized carbons (Fsp3) is 0.550. The van der Waals surface area contributed by atoms with E-state index in [1.807, 2.05) is 18.2 Å². The van der Waals surface area contributed by atoms with E-state index in [-0.39, 0.29) is 30.4 Å². The van der Waals surface area contributed by atoms with E-state index in [9.17, 15) is 14.4 Å². The Balaban J connectivity index is 1.41. The van der Waals surface area contributed by atoms with Crippen LogP contribution in [0.4, 0.5) is 4.79 Å². The monoisotopic (exact) mass is 386 g/mol. The van der Waals surface area contributed by atoms with Gasteiger partial charge >= 0.3 is 6.03 Å². The molecular formula is C20H26N4O4. The van der Waals surface area contributed by atoms with Crippen molar-refractivity contribution in [2.24, 2.45) is 0 Å². The number of carbonyl (C=O) groups excluding carboxylic acids is 3. The van der Waals surface area contributed by atoms with Gasteiger partial charge in [0.15, 0.2) is 0 Å². The van der Waals surface area contributed by atoms with Crippen LogP contribution in [0.3, 0.4) is 0 Å². The SMILES string of the molecule is CC1(C)NC(=O)N(CC(=O)N2CCN3[C@@H](COC[C@@H]3c3ccccc3)C2)C1=O. The van der Waals surface area contributed by atoms with E-state index in [0.717, 1.165) is 11.4 Å². The predicted molar refractivity (Wildman–Crippen MR) is 101 cm³/mol. The highest BCUT2D eigenvalue weighted by atomic mass is 16.5. The first-order chi connectivity index (χ1) is 13.4. The molecule has 2 atom stereocenters. The van der Waals surface area contributed by atoms with Gasteiger partial charge in [0, 0.05) is 19.6 Å². The molecule has 8 heteroatoms. The molecule has 3 heterocycles. The molecule has 3 fully saturated rings. The third-order valence-corrected chi connectivity index (χ3v) is 5.79. The summed E-state index contributed by atoms with van der Waals surface area (Å²) in [5.41, 5.74) is 0.254. The summed E-state index contributed by atoms with van der Waals surface area (Å²) < 4.78 is 5.82. The van der Waals surface area contributed by atoms with Crippen molar-refractivity contribution in [3.05, 3.63) is 35.9 Å². The van der Waals surface area contributed by atoms with Gasteiger partial charge in [0.2, 0.25) is 5.91 Å². The molecule has 0 radical (unpaired) electrons. The van der Waals surface area contributed by atoms with Crippen LogP contribution in [0.2, 0.25) is 0 Å². The number of ether oxygens (including phenoxy) is 1. The largest absolute Gasteiger partial charge is 0.378 e. The Labute approximate surface area is 164 Å². The van der Waals surface area contributed by atoms with E-state index >= 15 is 0 Å². The van der Waals surface area contributed by atoms with Crippen LogP contribution in [0.25, 0.3) is 0 Å². The molecule has 0 spiro atoms. The summed E-state index contributed by atoms with van der Waals surface area (Å²) in [4.78, 5) is 42.3. The number of piperazine rings is 1. The van der Waals surface area contributed by atoms with Crippen molar-refractivity contribution in [3.8, 4) is 0 Å². The highest BCUT2D eigenvalue weighted by molar-refractivity contribution is 6.08. The molecule has 0 aromatic heterocycles. The molecule has 0 saturated carbocycles. The number of nitrogens with one attached hydrogen (secondary N) is 1. The molecule has 3 saturated heterocycles. The zero-order chi connectivity index (χ0) is 19.9. The Morgan fingerprint density at radius 1 is 1.18 bits per heavy atom. The van der Waals surface area contributed by atoms with Crippen LogP contribution in [0.1, 0.15) is 25.5 Å². The highest BCUT2D eigenvalue weighted by Crippen LogP contribution is 2.29. The molecule has 0 bridgehead atoms. The Bertz CT molecular complexity index is 782. The van der Waals surface area contributed by atoms with Crippen LogP contribution in [-0.4, -0.2) is 83.5 Å². The molecule has 1 aromatic carbocycles. The molecule has 1 aromatic rings. The lowest BCUT2D eigenvalue weighted by molar-refractivity contribution is -0.144. The number of carbonyl (C=O) groups is 3. The molecule has 150 valence electrons. The van der Waals surface area contributed by atoms with Crippen molar-refractivity contribution in [1.29, 1.82) is 0 Å². The number of benzene rings is 1. The van der Waals surface area contributed by atoms with E-state index in [0.29, 0.717) is 26.3 Å². The lowest BCUT2D eigenvalue weighted by atomic mass is 10.00. The van der Waals surface area contributed by atoms with E-state index in [1.54, 1.807) is 18.7 Å². The number of amides is 4. The molecule has 8 nitrogen and oxygen atoms in total. The maximum atomic E-state index is 12.8. The number of rotatable bonds is 3. The average molecular weight is 386 g/mol. The minimum atomic E-state index is -0.962. The average Bonchev–Trinajstić information content (AvgIpc) is 2.89. The fourth-order valence-electron chi connectivity index (χ4n) is 4.23. The van der Waals surface area contributed by atoms with Crippen LogP contribution in [0, 0.1) is 0 Å². The van der Waals surface area contributed by atoms with E-state index < -0.39 is 11.6 Å². The van der Waals surface area contributed by atoms with Crippen molar-refractivity contribution < 1.29 is 19.1 Å². The quantitative estimate of drug-likeness (QED) is 0.770.